The number of anilines is 1. The van der Waals surface area contributed by atoms with E-state index in [9.17, 15) is 0 Å². The second-order valence-electron chi connectivity index (χ2n) is 6.69. The number of hydrogen-bond acceptors (Lipinski definition) is 5. The van der Waals surface area contributed by atoms with Gasteiger partial charge in [-0.15, -0.1) is 6.42 Å². The lowest BCUT2D eigenvalue weighted by Crippen LogP contribution is -2.31. The minimum absolute atomic E-state index is 0.262. The van der Waals surface area contributed by atoms with E-state index in [-0.39, 0.29) is 6.10 Å². The first kappa shape index (κ1) is 20.3. The number of nitrogens with one attached hydrogen (secondary N) is 2. The first-order valence-electron chi connectivity index (χ1n) is 9.93. The van der Waals surface area contributed by atoms with Crippen LogP contribution in [0.3, 0.4) is 0 Å². The van der Waals surface area contributed by atoms with Crippen LogP contribution in [0.15, 0.2) is 23.2 Å². The molecule has 0 bridgehead atoms. The third kappa shape index (κ3) is 6.63. The molecule has 3 rings (SSSR count). The van der Waals surface area contributed by atoms with E-state index >= 15 is 0 Å². The van der Waals surface area contributed by atoms with Crippen LogP contribution >= 0.6 is 0 Å². The molecule has 2 aliphatic heterocycles. The molecule has 1 saturated heterocycles. The van der Waals surface area contributed by atoms with E-state index in [2.05, 4.69) is 21.5 Å². The molecule has 2 N–H and O–H groups in total. The molecule has 0 saturated carbocycles. The van der Waals surface area contributed by atoms with Crippen molar-refractivity contribution >= 4 is 11.6 Å². The van der Waals surface area contributed by atoms with Crippen LogP contribution in [-0.2, 0) is 9.47 Å². The Morgan fingerprint density at radius 1 is 1.21 bits per heavy atom. The fraction of sp³-hybridized carbons (Fsp3) is 0.571. The molecule has 1 atom stereocenters. The summed E-state index contributed by atoms with van der Waals surface area (Å²) in [5.41, 5.74) is 0.863. The summed E-state index contributed by atoms with van der Waals surface area (Å²) < 4.78 is 22.6. The molecule has 1 unspecified atom stereocenters. The molecule has 0 aromatic heterocycles. The van der Waals surface area contributed by atoms with Crippen LogP contribution in [0.5, 0.6) is 11.5 Å². The topological polar surface area (TPSA) is 73.3 Å². The van der Waals surface area contributed by atoms with Gasteiger partial charge in [0.1, 0.15) is 0 Å². The minimum Gasteiger partial charge on any atom is -0.490 e. The maximum absolute atomic E-state index is 5.74. The number of aliphatic imine (C=N–C) groups is 1. The van der Waals surface area contributed by atoms with Gasteiger partial charge in [0.2, 0.25) is 0 Å². The standard InChI is InChI=1S/C21H29N3O4/c1-2-9-22-21(23-10-4-11-25-16-18-6-3-12-26-18)24-17-7-8-19-20(15-17)28-14-5-13-27-19/h1,7-8,15,18H,3-6,9-14,16H2,(H2,22,23,24). The zero-order valence-electron chi connectivity index (χ0n) is 16.2. The molecular weight excluding hydrogens is 358 g/mol. The third-order valence-electron chi connectivity index (χ3n) is 4.41. The SMILES string of the molecule is C#CCNC(=NCCCOCC1CCCO1)Nc1ccc2c(c1)OCCCO2. The van der Waals surface area contributed by atoms with Crippen molar-refractivity contribution in [3.63, 3.8) is 0 Å². The Balaban J connectivity index is 1.47. The first-order valence-corrected chi connectivity index (χ1v) is 9.93. The quantitative estimate of drug-likeness (QED) is 0.309. The molecule has 2 aliphatic rings. The maximum Gasteiger partial charge on any atom is 0.196 e. The number of terminal acetylenes is 1. The highest BCUT2D eigenvalue weighted by atomic mass is 16.5. The number of ether oxygens (including phenoxy) is 4. The summed E-state index contributed by atoms with van der Waals surface area (Å²) in [6, 6.07) is 5.75. The summed E-state index contributed by atoms with van der Waals surface area (Å²) in [4.78, 5) is 4.57. The highest BCUT2D eigenvalue weighted by molar-refractivity contribution is 5.94. The molecular formula is C21H29N3O4. The number of benzene rings is 1. The molecule has 7 nitrogen and oxygen atoms in total. The van der Waals surface area contributed by atoms with Crippen molar-refractivity contribution in [2.75, 3.05) is 51.4 Å². The van der Waals surface area contributed by atoms with Crippen LogP contribution in [0.2, 0.25) is 0 Å². The van der Waals surface area contributed by atoms with Gasteiger partial charge in [-0.05, 0) is 31.4 Å². The van der Waals surface area contributed by atoms with Crippen LogP contribution < -0.4 is 20.1 Å². The molecule has 0 radical (unpaired) electrons. The van der Waals surface area contributed by atoms with Gasteiger partial charge in [0.15, 0.2) is 17.5 Å². The van der Waals surface area contributed by atoms with Crippen LogP contribution in [0.25, 0.3) is 0 Å². The molecule has 28 heavy (non-hydrogen) atoms. The predicted molar refractivity (Wildman–Crippen MR) is 109 cm³/mol. The van der Waals surface area contributed by atoms with E-state index in [0.717, 1.165) is 49.5 Å². The third-order valence-corrected chi connectivity index (χ3v) is 4.41. The Hall–Kier alpha value is -2.43. The molecule has 0 aliphatic carbocycles. The fourth-order valence-corrected chi connectivity index (χ4v) is 3.00. The molecule has 152 valence electrons. The van der Waals surface area contributed by atoms with Gasteiger partial charge in [-0.1, -0.05) is 5.92 Å². The highest BCUT2D eigenvalue weighted by Crippen LogP contribution is 2.32. The predicted octanol–water partition coefficient (Wildman–Crippen LogP) is 2.42. The molecule has 1 fully saturated rings. The molecule has 1 aromatic rings. The van der Waals surface area contributed by atoms with Gasteiger partial charge in [-0.25, -0.2) is 0 Å². The normalized spacial score (nSPS) is 19.0. The summed E-state index contributed by atoms with van der Waals surface area (Å²) in [7, 11) is 0. The number of fused-ring (bicyclic) bond motifs is 1. The van der Waals surface area contributed by atoms with E-state index in [1.807, 2.05) is 18.2 Å². The summed E-state index contributed by atoms with van der Waals surface area (Å²) in [6.07, 6.45) is 9.57. The summed E-state index contributed by atoms with van der Waals surface area (Å²) in [5, 5.41) is 6.38. The van der Waals surface area contributed by atoms with E-state index in [4.69, 9.17) is 25.4 Å². The number of rotatable bonds is 8. The molecule has 0 amide bonds. The van der Waals surface area contributed by atoms with Gasteiger partial charge >= 0.3 is 0 Å². The average Bonchev–Trinajstić information content (AvgIpc) is 3.12. The van der Waals surface area contributed by atoms with Gasteiger partial charge in [0, 0.05) is 37.9 Å². The van der Waals surface area contributed by atoms with Crippen molar-refractivity contribution in [3.8, 4) is 23.8 Å². The molecule has 0 spiro atoms. The maximum atomic E-state index is 5.74. The zero-order valence-corrected chi connectivity index (χ0v) is 16.2. The second-order valence-corrected chi connectivity index (χ2v) is 6.69. The molecule has 2 heterocycles. The Morgan fingerprint density at radius 3 is 2.93 bits per heavy atom. The lowest BCUT2D eigenvalue weighted by Gasteiger charge is -2.13. The molecule has 7 heteroatoms. The number of hydrogen-bond donors (Lipinski definition) is 2. The Labute approximate surface area is 166 Å². The Bertz CT molecular complexity index is 681. The number of nitrogens with zero attached hydrogens (tertiary/aromatic N) is 1. The number of guanidine groups is 1. The van der Waals surface area contributed by atoms with Gasteiger partial charge in [0.05, 0.1) is 32.5 Å². The van der Waals surface area contributed by atoms with E-state index in [1.165, 1.54) is 0 Å². The van der Waals surface area contributed by atoms with Gasteiger partial charge in [-0.3, -0.25) is 4.99 Å². The smallest absolute Gasteiger partial charge is 0.196 e. The summed E-state index contributed by atoms with van der Waals surface area (Å²) in [6.45, 7) is 4.54. The largest absolute Gasteiger partial charge is 0.490 e. The lowest BCUT2D eigenvalue weighted by molar-refractivity contribution is 0.0171. The Kier molecular flexibility index (Phi) is 8.28. The lowest BCUT2D eigenvalue weighted by atomic mass is 10.2. The van der Waals surface area contributed by atoms with Crippen molar-refractivity contribution < 1.29 is 18.9 Å². The van der Waals surface area contributed by atoms with E-state index in [1.54, 1.807) is 0 Å². The van der Waals surface area contributed by atoms with Gasteiger partial charge in [0.25, 0.3) is 0 Å². The van der Waals surface area contributed by atoms with Crippen molar-refractivity contribution in [2.45, 2.75) is 31.8 Å². The zero-order chi connectivity index (χ0) is 19.4. The first-order chi connectivity index (χ1) is 13.8. The summed E-state index contributed by atoms with van der Waals surface area (Å²) in [5.74, 6) is 4.70. The highest BCUT2D eigenvalue weighted by Gasteiger charge is 2.15. The van der Waals surface area contributed by atoms with Crippen molar-refractivity contribution in [1.29, 1.82) is 0 Å². The van der Waals surface area contributed by atoms with Crippen LogP contribution in [0, 0.1) is 12.3 Å². The average molecular weight is 387 g/mol. The van der Waals surface area contributed by atoms with E-state index < -0.39 is 0 Å². The van der Waals surface area contributed by atoms with Gasteiger partial charge < -0.3 is 29.6 Å². The van der Waals surface area contributed by atoms with Crippen molar-refractivity contribution in [2.24, 2.45) is 4.99 Å². The minimum atomic E-state index is 0.262. The van der Waals surface area contributed by atoms with Crippen molar-refractivity contribution in [1.82, 2.24) is 5.32 Å². The Morgan fingerprint density at radius 2 is 2.11 bits per heavy atom. The van der Waals surface area contributed by atoms with E-state index in [0.29, 0.717) is 45.5 Å². The van der Waals surface area contributed by atoms with Crippen molar-refractivity contribution in [3.05, 3.63) is 18.2 Å². The van der Waals surface area contributed by atoms with Crippen LogP contribution in [0.1, 0.15) is 25.7 Å². The van der Waals surface area contributed by atoms with Gasteiger partial charge in [-0.2, -0.15) is 0 Å². The molecule has 1 aromatic carbocycles. The summed E-state index contributed by atoms with van der Waals surface area (Å²) >= 11 is 0. The second kappa shape index (κ2) is 11.4. The van der Waals surface area contributed by atoms with Crippen LogP contribution in [0.4, 0.5) is 5.69 Å². The fourth-order valence-electron chi connectivity index (χ4n) is 3.00. The monoisotopic (exact) mass is 387 g/mol. The van der Waals surface area contributed by atoms with Crippen LogP contribution in [-0.4, -0.2) is 58.2 Å².